The van der Waals surface area contributed by atoms with E-state index in [2.05, 4.69) is 4.98 Å². The highest BCUT2D eigenvalue weighted by atomic mass is 35.5. The van der Waals surface area contributed by atoms with Crippen LogP contribution >= 0.6 is 11.6 Å². The third kappa shape index (κ3) is 2.27. The van der Waals surface area contributed by atoms with E-state index >= 15 is 0 Å². The van der Waals surface area contributed by atoms with Crippen LogP contribution in [0.15, 0.2) is 11.4 Å². The SMILES string of the molecule is Cn1cnc(S(=O)(=O)N2CCCCC2CO)c1Cl. The lowest BCUT2D eigenvalue weighted by Gasteiger charge is -2.32. The number of aromatic nitrogens is 2. The summed E-state index contributed by atoms with van der Waals surface area (Å²) in [6.45, 7) is 0.226. The molecule has 6 nitrogen and oxygen atoms in total. The van der Waals surface area contributed by atoms with Crippen LogP contribution in [0.2, 0.25) is 5.15 Å². The molecule has 0 amide bonds. The Bertz CT molecular complexity index is 528. The van der Waals surface area contributed by atoms with Gasteiger partial charge in [0.1, 0.15) is 5.15 Å². The molecule has 0 radical (unpaired) electrons. The van der Waals surface area contributed by atoms with E-state index < -0.39 is 10.0 Å². The summed E-state index contributed by atoms with van der Waals surface area (Å²) < 4.78 is 27.7. The molecule has 1 atom stereocenters. The maximum absolute atomic E-state index is 12.4. The second kappa shape index (κ2) is 5.16. The average molecular weight is 294 g/mol. The molecule has 0 saturated carbocycles. The molecule has 1 N–H and O–H groups in total. The molecule has 8 heteroatoms. The van der Waals surface area contributed by atoms with Gasteiger partial charge in [-0.3, -0.25) is 0 Å². The summed E-state index contributed by atoms with van der Waals surface area (Å²) in [5, 5.41) is 9.24. The van der Waals surface area contributed by atoms with Gasteiger partial charge in [-0.1, -0.05) is 18.0 Å². The summed E-state index contributed by atoms with van der Waals surface area (Å²) in [4.78, 5) is 3.85. The maximum atomic E-state index is 12.4. The number of hydrogen-bond acceptors (Lipinski definition) is 4. The van der Waals surface area contributed by atoms with Crippen molar-refractivity contribution in [1.82, 2.24) is 13.9 Å². The van der Waals surface area contributed by atoms with Crippen molar-refractivity contribution in [1.29, 1.82) is 0 Å². The first-order valence-electron chi connectivity index (χ1n) is 5.78. The monoisotopic (exact) mass is 293 g/mol. The second-order valence-corrected chi connectivity index (χ2v) is 6.56. The third-order valence-corrected chi connectivity index (χ3v) is 5.61. The molecule has 2 heterocycles. The molecule has 2 rings (SSSR count). The number of imidazole rings is 1. The topological polar surface area (TPSA) is 75.4 Å². The molecule has 18 heavy (non-hydrogen) atoms. The van der Waals surface area contributed by atoms with Gasteiger partial charge in [0, 0.05) is 19.6 Å². The minimum absolute atomic E-state index is 0.0947. The molecule has 0 aromatic carbocycles. The van der Waals surface area contributed by atoms with E-state index in [9.17, 15) is 13.5 Å². The molecule has 102 valence electrons. The summed E-state index contributed by atoms with van der Waals surface area (Å²) in [6, 6.07) is -0.373. The number of nitrogens with zero attached hydrogens (tertiary/aromatic N) is 3. The van der Waals surface area contributed by atoms with Crippen LogP contribution in [-0.2, 0) is 17.1 Å². The van der Waals surface area contributed by atoms with Gasteiger partial charge in [0.25, 0.3) is 10.0 Å². The molecule has 1 aliphatic heterocycles. The fraction of sp³-hybridized carbons (Fsp3) is 0.700. The number of halogens is 1. The Hall–Kier alpha value is -0.630. The smallest absolute Gasteiger partial charge is 0.264 e. The van der Waals surface area contributed by atoms with Gasteiger partial charge >= 0.3 is 0 Å². The van der Waals surface area contributed by atoms with E-state index in [0.717, 1.165) is 12.8 Å². The lowest BCUT2D eigenvalue weighted by Crippen LogP contribution is -2.45. The lowest BCUT2D eigenvalue weighted by molar-refractivity contribution is 0.155. The standard InChI is InChI=1S/C10H16ClN3O3S/c1-13-7-12-10(9(13)11)18(16,17)14-5-3-2-4-8(14)6-15/h7-8,15H,2-6H2,1H3. The number of piperidine rings is 1. The molecule has 0 aliphatic carbocycles. The van der Waals surface area contributed by atoms with Crippen molar-refractivity contribution >= 4 is 21.6 Å². The number of rotatable bonds is 3. The third-order valence-electron chi connectivity index (χ3n) is 3.17. The van der Waals surface area contributed by atoms with E-state index in [1.54, 1.807) is 7.05 Å². The first-order valence-corrected chi connectivity index (χ1v) is 7.60. The van der Waals surface area contributed by atoms with Crippen LogP contribution in [0.5, 0.6) is 0 Å². The van der Waals surface area contributed by atoms with Gasteiger partial charge in [-0.2, -0.15) is 4.31 Å². The van der Waals surface area contributed by atoms with E-state index in [0.29, 0.717) is 13.0 Å². The zero-order chi connectivity index (χ0) is 13.3. The van der Waals surface area contributed by atoms with Crippen LogP contribution in [-0.4, -0.2) is 46.6 Å². The first kappa shape index (κ1) is 13.8. The number of sulfonamides is 1. The Balaban J connectivity index is 2.38. The molecule has 0 bridgehead atoms. The van der Waals surface area contributed by atoms with Gasteiger partial charge in [-0.15, -0.1) is 0 Å². The molecular formula is C10H16ClN3O3S. The van der Waals surface area contributed by atoms with Crippen LogP contribution in [0.4, 0.5) is 0 Å². The zero-order valence-corrected chi connectivity index (χ0v) is 11.7. The molecule has 1 saturated heterocycles. The van der Waals surface area contributed by atoms with Crippen molar-refractivity contribution < 1.29 is 13.5 Å². The maximum Gasteiger partial charge on any atom is 0.264 e. The van der Waals surface area contributed by atoms with Crippen molar-refractivity contribution in [3.05, 3.63) is 11.5 Å². The number of aliphatic hydroxyl groups excluding tert-OH is 1. The summed E-state index contributed by atoms with van der Waals surface area (Å²) in [6.07, 6.45) is 3.75. The van der Waals surface area contributed by atoms with Gasteiger partial charge in [0.2, 0.25) is 5.03 Å². The van der Waals surface area contributed by atoms with Gasteiger partial charge < -0.3 is 9.67 Å². The second-order valence-electron chi connectivity index (χ2n) is 4.40. The Labute approximate surface area is 111 Å². The predicted octanol–water partition coefficient (Wildman–Crippen LogP) is 0.609. The van der Waals surface area contributed by atoms with E-state index in [1.165, 1.54) is 15.2 Å². The van der Waals surface area contributed by atoms with Crippen molar-refractivity contribution in [2.45, 2.75) is 30.3 Å². The zero-order valence-electron chi connectivity index (χ0n) is 10.1. The quantitative estimate of drug-likeness (QED) is 0.886. The summed E-state index contributed by atoms with van der Waals surface area (Å²) in [5.41, 5.74) is 0. The van der Waals surface area contributed by atoms with Crippen molar-refractivity contribution in [2.24, 2.45) is 7.05 Å². The fourth-order valence-corrected chi connectivity index (χ4v) is 4.23. The van der Waals surface area contributed by atoms with Crippen LogP contribution in [0.3, 0.4) is 0 Å². The highest BCUT2D eigenvalue weighted by Gasteiger charge is 2.36. The molecule has 0 spiro atoms. The van der Waals surface area contributed by atoms with Gasteiger partial charge in [0.05, 0.1) is 12.9 Å². The van der Waals surface area contributed by atoms with Crippen molar-refractivity contribution in [3.63, 3.8) is 0 Å². The van der Waals surface area contributed by atoms with E-state index in [4.69, 9.17) is 11.6 Å². The predicted molar refractivity (Wildman–Crippen MR) is 66.8 cm³/mol. The normalized spacial score (nSPS) is 22.3. The van der Waals surface area contributed by atoms with E-state index in [-0.39, 0.29) is 22.8 Å². The molecular weight excluding hydrogens is 278 g/mol. The summed E-state index contributed by atoms with van der Waals surface area (Å²) in [7, 11) is -2.09. The largest absolute Gasteiger partial charge is 0.395 e. The Kier molecular flexibility index (Phi) is 3.96. The van der Waals surface area contributed by atoms with Crippen LogP contribution in [0.1, 0.15) is 19.3 Å². The Morgan fingerprint density at radius 1 is 1.56 bits per heavy atom. The highest BCUT2D eigenvalue weighted by Crippen LogP contribution is 2.28. The Morgan fingerprint density at radius 2 is 2.28 bits per heavy atom. The minimum atomic E-state index is -3.72. The lowest BCUT2D eigenvalue weighted by atomic mass is 10.1. The highest BCUT2D eigenvalue weighted by molar-refractivity contribution is 7.89. The van der Waals surface area contributed by atoms with Crippen LogP contribution < -0.4 is 0 Å². The Morgan fingerprint density at radius 3 is 2.83 bits per heavy atom. The number of aliphatic hydroxyl groups is 1. The fourth-order valence-electron chi connectivity index (χ4n) is 2.15. The number of aryl methyl sites for hydroxylation is 1. The molecule has 1 aromatic rings. The summed E-state index contributed by atoms with van der Waals surface area (Å²) >= 11 is 5.94. The van der Waals surface area contributed by atoms with Gasteiger partial charge in [-0.05, 0) is 12.8 Å². The summed E-state index contributed by atoms with van der Waals surface area (Å²) in [5.74, 6) is 0. The minimum Gasteiger partial charge on any atom is -0.395 e. The first-order chi connectivity index (χ1) is 8.48. The van der Waals surface area contributed by atoms with Crippen molar-refractivity contribution in [2.75, 3.05) is 13.2 Å². The molecule has 1 unspecified atom stereocenters. The van der Waals surface area contributed by atoms with Crippen LogP contribution in [0, 0.1) is 0 Å². The molecule has 1 fully saturated rings. The average Bonchev–Trinajstić information content (AvgIpc) is 2.70. The van der Waals surface area contributed by atoms with Gasteiger partial charge in [-0.25, -0.2) is 13.4 Å². The molecule has 1 aliphatic rings. The number of hydrogen-bond donors (Lipinski definition) is 1. The van der Waals surface area contributed by atoms with Crippen molar-refractivity contribution in [3.8, 4) is 0 Å². The van der Waals surface area contributed by atoms with Gasteiger partial charge in [0.15, 0.2) is 0 Å². The molecule has 1 aromatic heterocycles. The van der Waals surface area contributed by atoms with Crippen LogP contribution in [0.25, 0.3) is 0 Å². The van der Waals surface area contributed by atoms with E-state index in [1.807, 2.05) is 0 Å².